The molecular formula is C35H45N7O7. The fourth-order valence-corrected chi connectivity index (χ4v) is 6.74. The molecule has 14 heteroatoms. The van der Waals surface area contributed by atoms with E-state index in [1.807, 2.05) is 19.0 Å². The van der Waals surface area contributed by atoms with E-state index >= 15 is 0 Å². The van der Waals surface area contributed by atoms with Gasteiger partial charge in [0.05, 0.1) is 0 Å². The van der Waals surface area contributed by atoms with Crippen LogP contribution in [0.25, 0.3) is 10.8 Å². The number of hydrogen-bond acceptors (Lipinski definition) is 9. The van der Waals surface area contributed by atoms with Gasteiger partial charge in [-0.25, -0.2) is 0 Å². The molecule has 49 heavy (non-hydrogen) atoms. The fraction of sp³-hybridized carbons (Fsp3) is 0.514. The van der Waals surface area contributed by atoms with Gasteiger partial charge in [-0.05, 0) is 96.6 Å². The number of hydrogen-bond donors (Lipinski definition) is 3. The summed E-state index contributed by atoms with van der Waals surface area (Å²) in [7, 11) is 3.83. The Morgan fingerprint density at radius 1 is 0.633 bits per heavy atom. The van der Waals surface area contributed by atoms with Crippen molar-refractivity contribution in [3.8, 4) is 0 Å². The summed E-state index contributed by atoms with van der Waals surface area (Å²) in [6, 6.07) is 5.51. The maximum absolute atomic E-state index is 13.6. The molecule has 8 rings (SSSR count). The van der Waals surface area contributed by atoms with E-state index in [-0.39, 0.29) is 43.7 Å². The van der Waals surface area contributed by atoms with Crippen molar-refractivity contribution in [1.82, 2.24) is 35.6 Å². The van der Waals surface area contributed by atoms with E-state index in [1.54, 1.807) is 24.3 Å². The molecule has 0 aromatic heterocycles. The highest BCUT2D eigenvalue weighted by Gasteiger charge is 2.39. The zero-order chi connectivity index (χ0) is 35.2. The molecule has 7 amide bonds. The summed E-state index contributed by atoms with van der Waals surface area (Å²) in [5.41, 5.74) is 1.21. The lowest BCUT2D eigenvalue weighted by atomic mass is 9.86. The number of benzene rings is 2. The first-order chi connectivity index (χ1) is 23.5. The molecule has 262 valence electrons. The van der Waals surface area contributed by atoms with E-state index < -0.39 is 29.7 Å². The summed E-state index contributed by atoms with van der Waals surface area (Å²) in [5, 5.41) is 9.07. The highest BCUT2D eigenvalue weighted by atomic mass is 16.2. The number of amides is 7. The minimum absolute atomic E-state index is 0.0795. The van der Waals surface area contributed by atoms with Crippen LogP contribution in [-0.2, 0) is 14.4 Å². The second-order valence-corrected chi connectivity index (χ2v) is 13.0. The van der Waals surface area contributed by atoms with Crippen LogP contribution in [0.4, 0.5) is 0 Å². The lowest BCUT2D eigenvalue weighted by Crippen LogP contribution is -2.47. The molecule has 8 bridgehead atoms. The Morgan fingerprint density at radius 2 is 1.04 bits per heavy atom. The van der Waals surface area contributed by atoms with Crippen molar-refractivity contribution in [2.75, 3.05) is 66.5 Å². The summed E-state index contributed by atoms with van der Waals surface area (Å²) in [6.07, 6.45) is 2.59. The van der Waals surface area contributed by atoms with Crippen molar-refractivity contribution < 1.29 is 33.6 Å². The van der Waals surface area contributed by atoms with E-state index in [2.05, 4.69) is 20.9 Å². The van der Waals surface area contributed by atoms with Crippen LogP contribution < -0.4 is 16.0 Å². The van der Waals surface area contributed by atoms with Gasteiger partial charge in [0.2, 0.25) is 17.7 Å². The number of nitrogens with one attached hydrogen (secondary N) is 3. The van der Waals surface area contributed by atoms with Crippen molar-refractivity contribution in [2.45, 2.75) is 51.5 Å². The van der Waals surface area contributed by atoms with Crippen LogP contribution in [0.5, 0.6) is 0 Å². The maximum atomic E-state index is 13.6. The molecule has 2 aromatic carbocycles. The molecule has 1 atom stereocenters. The third kappa shape index (κ3) is 7.97. The van der Waals surface area contributed by atoms with Gasteiger partial charge >= 0.3 is 0 Å². The zero-order valence-electron chi connectivity index (χ0n) is 28.4. The number of rotatable bonds is 1. The molecule has 0 unspecified atom stereocenters. The Labute approximate surface area is 285 Å². The van der Waals surface area contributed by atoms with Crippen molar-refractivity contribution >= 4 is 52.1 Å². The van der Waals surface area contributed by atoms with E-state index in [0.29, 0.717) is 98.0 Å². The minimum Gasteiger partial charge on any atom is -0.356 e. The van der Waals surface area contributed by atoms with E-state index in [1.165, 1.54) is 16.7 Å². The fourth-order valence-electron chi connectivity index (χ4n) is 6.74. The second kappa shape index (κ2) is 15.7. The predicted octanol–water partition coefficient (Wildman–Crippen LogP) is 0.987. The maximum Gasteiger partial charge on any atom is 0.261 e. The van der Waals surface area contributed by atoms with E-state index in [4.69, 9.17) is 0 Å². The van der Waals surface area contributed by atoms with Gasteiger partial charge in [-0.15, -0.1) is 0 Å². The number of imide groups is 2. The standard InChI is InChI=1S/C35H45N7O7/c1-22(43)38-27-12-13-28(44)36-14-4-16-39(2)18-6-20-41-32(46)23-8-10-25-30-26(11-9-24(29(23)30)33(41)47)35(49)42(34(25)48)21-7-19-40(3)17-5-15-37-31(27)45/h8-11,27H,4-7,12-21H2,1-3H3,(H,36,44)(H,37,45)(H,38,43)/t27-/m1/s1. The van der Waals surface area contributed by atoms with E-state index in [0.717, 1.165) is 0 Å². The van der Waals surface area contributed by atoms with Crippen molar-refractivity contribution in [3.05, 3.63) is 46.5 Å². The number of fused-ring (bicyclic) bond motifs is 2. The normalized spacial score (nSPS) is 21.7. The smallest absolute Gasteiger partial charge is 0.261 e. The lowest BCUT2D eigenvalue weighted by Gasteiger charge is -2.32. The molecule has 6 aliphatic heterocycles. The Hall–Kier alpha value is -4.69. The Balaban J connectivity index is 1.32. The van der Waals surface area contributed by atoms with Gasteiger partial charge in [0.25, 0.3) is 23.6 Å². The summed E-state index contributed by atoms with van der Waals surface area (Å²) >= 11 is 0. The largest absolute Gasteiger partial charge is 0.356 e. The van der Waals surface area contributed by atoms with Gasteiger partial charge in [0.1, 0.15) is 6.04 Å². The molecule has 14 nitrogen and oxygen atoms in total. The zero-order valence-corrected chi connectivity index (χ0v) is 28.4. The molecule has 0 saturated carbocycles. The van der Waals surface area contributed by atoms with Crippen molar-refractivity contribution in [1.29, 1.82) is 0 Å². The van der Waals surface area contributed by atoms with Gasteiger partial charge < -0.3 is 25.8 Å². The second-order valence-electron chi connectivity index (χ2n) is 13.0. The van der Waals surface area contributed by atoms with Gasteiger partial charge in [0.15, 0.2) is 0 Å². The summed E-state index contributed by atoms with van der Waals surface area (Å²) < 4.78 is 0. The first kappa shape index (κ1) is 35.6. The molecule has 6 aliphatic rings. The number of nitrogens with zero attached hydrogens (tertiary/aromatic N) is 4. The van der Waals surface area contributed by atoms with Crippen molar-refractivity contribution in [3.63, 3.8) is 0 Å². The summed E-state index contributed by atoms with van der Waals surface area (Å²) in [5.74, 6) is -2.71. The number of carbonyl (C=O) groups is 7. The molecule has 0 radical (unpaired) electrons. The van der Waals surface area contributed by atoms with E-state index in [9.17, 15) is 33.6 Å². The number of carbonyl (C=O) groups excluding carboxylic acids is 7. The Kier molecular flexibility index (Phi) is 11.4. The Bertz CT molecular complexity index is 1600. The van der Waals surface area contributed by atoms with Gasteiger partial charge in [0, 0.05) is 72.5 Å². The van der Waals surface area contributed by atoms with Gasteiger partial charge in [-0.2, -0.15) is 0 Å². The molecule has 6 heterocycles. The topological polar surface area (TPSA) is 169 Å². The lowest BCUT2D eigenvalue weighted by molar-refractivity contribution is -0.129. The average Bonchev–Trinajstić information content (AvgIpc) is 3.07. The molecule has 0 aliphatic carbocycles. The SMILES string of the molecule is CC(=O)N[C@@H]1CCC(=O)NCCCN(C)CCCN2C(=O)c3ccc4c5c(ccc(c35)C2=O)C(=O)N(CCCN(C)CCCNC1=O)C4=O. The van der Waals surface area contributed by atoms with Crippen LogP contribution in [-0.4, -0.2) is 133 Å². The highest BCUT2D eigenvalue weighted by Crippen LogP contribution is 2.37. The monoisotopic (exact) mass is 675 g/mol. The minimum atomic E-state index is -0.828. The first-order valence-electron chi connectivity index (χ1n) is 17.0. The molecule has 0 fully saturated rings. The summed E-state index contributed by atoms with van der Waals surface area (Å²) in [4.78, 5) is 98.0. The van der Waals surface area contributed by atoms with Crippen molar-refractivity contribution in [2.24, 2.45) is 0 Å². The third-order valence-corrected chi connectivity index (χ3v) is 9.31. The first-order valence-corrected chi connectivity index (χ1v) is 17.0. The van der Waals surface area contributed by atoms with Crippen LogP contribution in [0, 0.1) is 0 Å². The van der Waals surface area contributed by atoms with Crippen LogP contribution in [0.2, 0.25) is 0 Å². The van der Waals surface area contributed by atoms with Crippen LogP contribution in [0.3, 0.4) is 0 Å². The third-order valence-electron chi connectivity index (χ3n) is 9.31. The van der Waals surface area contributed by atoms with Gasteiger partial charge in [-0.3, -0.25) is 43.4 Å². The summed E-state index contributed by atoms with van der Waals surface area (Å²) in [6.45, 7) is 5.02. The predicted molar refractivity (Wildman–Crippen MR) is 181 cm³/mol. The molecule has 0 spiro atoms. The van der Waals surface area contributed by atoms with Gasteiger partial charge in [-0.1, -0.05) is 0 Å². The molecule has 3 N–H and O–H groups in total. The molecule has 2 aromatic rings. The quantitative estimate of drug-likeness (QED) is 0.374. The average molecular weight is 676 g/mol. The van der Waals surface area contributed by atoms with Crippen LogP contribution in [0.1, 0.15) is 86.9 Å². The Morgan fingerprint density at radius 3 is 1.47 bits per heavy atom. The molecular weight excluding hydrogens is 630 g/mol. The molecule has 0 saturated heterocycles. The van der Waals surface area contributed by atoms with Crippen LogP contribution in [0.15, 0.2) is 24.3 Å². The van der Waals surface area contributed by atoms with Crippen LogP contribution >= 0.6 is 0 Å². The highest BCUT2D eigenvalue weighted by molar-refractivity contribution is 6.33.